The molecule has 0 heterocycles. The second-order valence-electron chi connectivity index (χ2n) is 26.6. The Kier molecular flexibility index (Phi) is 70.8. The Morgan fingerprint density at radius 1 is 0.290 bits per heavy atom. The Balaban J connectivity index is 5.35. The predicted molar refractivity (Wildman–Crippen MR) is 409 cm³/mol. The minimum atomic E-state index is -4.98. The molecule has 19 heteroatoms. The van der Waals surface area contributed by atoms with Crippen molar-refractivity contribution in [1.82, 2.24) is 0 Å². The third kappa shape index (κ3) is 72.6. The highest BCUT2D eigenvalue weighted by Crippen LogP contribution is 2.45. The second-order valence-corrected chi connectivity index (χ2v) is 29.5. The fourth-order valence-corrected chi connectivity index (χ4v) is 12.5. The maximum absolute atomic E-state index is 13.1. The van der Waals surface area contributed by atoms with Gasteiger partial charge in [-0.3, -0.25) is 37.3 Å². The summed E-state index contributed by atoms with van der Waals surface area (Å²) < 4.78 is 68.6. The summed E-state index contributed by atoms with van der Waals surface area (Å²) in [5.74, 6) is -2.19. The van der Waals surface area contributed by atoms with Crippen molar-refractivity contribution in [1.29, 1.82) is 0 Å². The summed E-state index contributed by atoms with van der Waals surface area (Å²) in [7, 11) is -9.95. The van der Waals surface area contributed by atoms with Crippen LogP contribution in [0.5, 0.6) is 0 Å². The van der Waals surface area contributed by atoms with Gasteiger partial charge in [-0.1, -0.05) is 312 Å². The van der Waals surface area contributed by atoms with Gasteiger partial charge in [0.25, 0.3) is 0 Å². The molecule has 0 fully saturated rings. The monoisotopic (exact) mass is 1450 g/mol. The number of unbranched alkanes of at least 4 members (excludes halogenated alkanes) is 35. The zero-order valence-corrected chi connectivity index (χ0v) is 65.2. The SMILES string of the molecule is CC/C=C\C/C=C\C/C=C\C/C=C\CCCCCCC(=O)OCC(COP(=O)(O)OCC(O)COP(=O)(O)OCC(COC(=O)CCCCCCC/C=C\C/C=C\C/C=C\CC)OC(=O)CCCCCCCCCCCCCCC)OC(=O)CCCCCCCCCCCCCCCCC. The maximum atomic E-state index is 13.1. The fraction of sp³-hybridized carbons (Fsp3) is 0.778. The third-order valence-corrected chi connectivity index (χ3v) is 18.8. The van der Waals surface area contributed by atoms with Gasteiger partial charge >= 0.3 is 39.5 Å². The molecule has 0 aromatic heterocycles. The highest BCUT2D eigenvalue weighted by Gasteiger charge is 2.30. The summed E-state index contributed by atoms with van der Waals surface area (Å²) in [5.41, 5.74) is 0. The lowest BCUT2D eigenvalue weighted by atomic mass is 10.0. The van der Waals surface area contributed by atoms with Crippen LogP contribution in [0.4, 0.5) is 0 Å². The first-order valence-electron chi connectivity index (χ1n) is 39.8. The number of aliphatic hydroxyl groups is 1. The van der Waals surface area contributed by atoms with Crippen molar-refractivity contribution in [2.75, 3.05) is 39.6 Å². The van der Waals surface area contributed by atoms with Crippen molar-refractivity contribution in [3.05, 3.63) is 85.1 Å². The summed E-state index contributed by atoms with van der Waals surface area (Å²) in [4.78, 5) is 73.0. The summed E-state index contributed by atoms with van der Waals surface area (Å²) in [6, 6.07) is 0. The molecule has 0 spiro atoms. The van der Waals surface area contributed by atoms with Crippen LogP contribution in [-0.2, 0) is 65.4 Å². The summed E-state index contributed by atoms with van der Waals surface area (Å²) in [6.07, 6.45) is 75.6. The van der Waals surface area contributed by atoms with Crippen LogP contribution in [0.15, 0.2) is 85.1 Å². The van der Waals surface area contributed by atoms with Gasteiger partial charge in [0.1, 0.15) is 19.3 Å². The van der Waals surface area contributed by atoms with Crippen LogP contribution in [-0.4, -0.2) is 96.7 Å². The molecule has 100 heavy (non-hydrogen) atoms. The van der Waals surface area contributed by atoms with Crippen molar-refractivity contribution < 1.29 is 80.2 Å². The van der Waals surface area contributed by atoms with Gasteiger partial charge in [0, 0.05) is 25.7 Å². The number of carbonyl (C=O) groups excluding carboxylic acids is 4. The van der Waals surface area contributed by atoms with Crippen LogP contribution in [0.3, 0.4) is 0 Å². The number of ether oxygens (including phenoxy) is 4. The zero-order chi connectivity index (χ0) is 73.2. The Labute approximate surface area is 608 Å². The molecule has 3 N–H and O–H groups in total. The number of carbonyl (C=O) groups is 4. The molecule has 0 bridgehead atoms. The quantitative estimate of drug-likeness (QED) is 0.0169. The van der Waals surface area contributed by atoms with Crippen LogP contribution in [0.25, 0.3) is 0 Å². The van der Waals surface area contributed by atoms with E-state index in [-0.39, 0.29) is 25.7 Å². The molecule has 0 aromatic rings. The number of allylic oxidation sites excluding steroid dienone is 14. The topological polar surface area (TPSA) is 237 Å². The molecule has 0 radical (unpaired) electrons. The molecule has 580 valence electrons. The zero-order valence-electron chi connectivity index (χ0n) is 63.4. The largest absolute Gasteiger partial charge is 0.472 e. The average Bonchev–Trinajstić information content (AvgIpc) is 1.06. The normalized spacial score (nSPS) is 14.3. The van der Waals surface area contributed by atoms with Gasteiger partial charge in [-0.15, -0.1) is 0 Å². The van der Waals surface area contributed by atoms with Crippen LogP contribution >= 0.6 is 15.6 Å². The van der Waals surface area contributed by atoms with Gasteiger partial charge in [-0.25, -0.2) is 9.13 Å². The van der Waals surface area contributed by atoms with E-state index in [1.807, 2.05) is 0 Å². The molecular weight excluding hydrogens is 1310 g/mol. The van der Waals surface area contributed by atoms with Gasteiger partial charge in [0.2, 0.25) is 0 Å². The Morgan fingerprint density at radius 2 is 0.520 bits per heavy atom. The van der Waals surface area contributed by atoms with Crippen molar-refractivity contribution in [3.63, 3.8) is 0 Å². The van der Waals surface area contributed by atoms with E-state index in [4.69, 9.17) is 37.0 Å². The molecule has 0 saturated heterocycles. The van der Waals surface area contributed by atoms with Crippen molar-refractivity contribution in [2.24, 2.45) is 0 Å². The number of esters is 4. The number of aliphatic hydroxyl groups excluding tert-OH is 1. The van der Waals surface area contributed by atoms with Gasteiger partial charge in [0.05, 0.1) is 26.4 Å². The van der Waals surface area contributed by atoms with E-state index in [9.17, 15) is 43.2 Å². The molecule has 5 unspecified atom stereocenters. The predicted octanol–water partition coefficient (Wildman–Crippen LogP) is 23.0. The molecular formula is C81H144O17P2. The van der Waals surface area contributed by atoms with Crippen molar-refractivity contribution in [2.45, 2.75) is 367 Å². The lowest BCUT2D eigenvalue weighted by Crippen LogP contribution is -2.30. The van der Waals surface area contributed by atoms with Crippen molar-refractivity contribution in [3.8, 4) is 0 Å². The molecule has 0 aliphatic carbocycles. The van der Waals surface area contributed by atoms with E-state index >= 15 is 0 Å². The molecule has 0 aliphatic heterocycles. The van der Waals surface area contributed by atoms with Crippen LogP contribution in [0.2, 0.25) is 0 Å². The lowest BCUT2D eigenvalue weighted by molar-refractivity contribution is -0.161. The van der Waals surface area contributed by atoms with Gasteiger partial charge in [-0.05, 0) is 96.3 Å². The van der Waals surface area contributed by atoms with Crippen LogP contribution in [0, 0.1) is 0 Å². The number of rotatable bonds is 75. The average molecular weight is 1450 g/mol. The van der Waals surface area contributed by atoms with Crippen LogP contribution in [0.1, 0.15) is 349 Å². The second kappa shape index (κ2) is 73.5. The molecule has 17 nitrogen and oxygen atoms in total. The first kappa shape index (κ1) is 96.2. The lowest BCUT2D eigenvalue weighted by Gasteiger charge is -2.21. The summed E-state index contributed by atoms with van der Waals surface area (Å²) in [5, 5.41) is 10.6. The molecule has 0 rings (SSSR count). The van der Waals surface area contributed by atoms with Gasteiger partial charge in [-0.2, -0.15) is 0 Å². The third-order valence-electron chi connectivity index (χ3n) is 16.9. The first-order valence-corrected chi connectivity index (χ1v) is 42.8. The van der Waals surface area contributed by atoms with Crippen LogP contribution < -0.4 is 0 Å². The summed E-state index contributed by atoms with van der Waals surface area (Å²) >= 11 is 0. The number of phosphoric ester groups is 2. The van der Waals surface area contributed by atoms with Crippen molar-refractivity contribution >= 4 is 39.5 Å². The number of hydrogen-bond donors (Lipinski definition) is 3. The smallest absolute Gasteiger partial charge is 0.462 e. The Hall–Kier alpha value is -3.76. The van der Waals surface area contributed by atoms with E-state index < -0.39 is 97.5 Å². The number of phosphoric acid groups is 2. The van der Waals surface area contributed by atoms with E-state index in [2.05, 4.69) is 113 Å². The summed E-state index contributed by atoms with van der Waals surface area (Å²) in [6.45, 7) is 4.66. The Morgan fingerprint density at radius 3 is 0.800 bits per heavy atom. The van der Waals surface area contributed by atoms with E-state index in [1.165, 1.54) is 116 Å². The highest BCUT2D eigenvalue weighted by atomic mass is 31.2. The fourth-order valence-electron chi connectivity index (χ4n) is 10.9. The highest BCUT2D eigenvalue weighted by molar-refractivity contribution is 7.47. The standard InChI is InChI=1S/C81H144O17P2/c1-5-9-13-17-21-25-29-33-36-37-40-43-46-50-54-58-62-66-79(84)92-72-77(98-81(86)68-64-60-56-52-48-44-39-35-31-27-23-19-15-11-7-3)74-96-100(89,90)94-70-75(82)69-93-99(87,88)95-73-76(97-80(85)67-63-59-55-51-47-41-32-28-24-20-16-12-8-4)71-91-78(83)65-61-57-53-49-45-42-38-34-30-26-22-18-14-10-6-2/h9-10,13-14,21-22,25-26,33-34,36,38,40,43,75-77,82H,5-8,11-12,15-20,23-24,27-32,35,37,39,41-42,44-74H2,1-4H3,(H,87,88)(H,89,90)/b13-9-,14-10-,25-21-,26-22-,36-33-,38-34-,43-40-. The van der Waals surface area contributed by atoms with Gasteiger partial charge in [0.15, 0.2) is 12.2 Å². The molecule has 0 saturated carbocycles. The minimum absolute atomic E-state index is 0.0939. The Bertz CT molecular complexity index is 2230. The molecule has 0 aromatic carbocycles. The first-order chi connectivity index (χ1) is 48.7. The van der Waals surface area contributed by atoms with E-state index in [0.717, 1.165) is 154 Å². The molecule has 0 amide bonds. The van der Waals surface area contributed by atoms with Gasteiger partial charge < -0.3 is 33.8 Å². The molecule has 0 aliphatic rings. The molecule has 5 atom stereocenters. The van der Waals surface area contributed by atoms with E-state index in [1.54, 1.807) is 0 Å². The maximum Gasteiger partial charge on any atom is 0.472 e. The minimum Gasteiger partial charge on any atom is -0.462 e. The van der Waals surface area contributed by atoms with E-state index in [0.29, 0.717) is 25.7 Å². The number of hydrogen-bond acceptors (Lipinski definition) is 15.